The molecular formula is C12H7N3O. The standard InChI is InChI=1S/C12H7N3O/c13-5-10-12(15-7-14-10)9-6-16-11-4-2-1-3-8(9)11/h1-4,6-7H,(H,14,15). The summed E-state index contributed by atoms with van der Waals surface area (Å²) in [5.41, 5.74) is 2.75. The number of imidazole rings is 1. The lowest BCUT2D eigenvalue weighted by Crippen LogP contribution is -1.80. The molecule has 0 fully saturated rings. The number of rotatable bonds is 1. The highest BCUT2D eigenvalue weighted by molar-refractivity contribution is 5.93. The van der Waals surface area contributed by atoms with Crippen LogP contribution in [0.25, 0.3) is 22.2 Å². The summed E-state index contributed by atoms with van der Waals surface area (Å²) in [6.45, 7) is 0. The number of hydrogen-bond acceptors (Lipinski definition) is 3. The fraction of sp³-hybridized carbons (Fsp3) is 0. The monoisotopic (exact) mass is 209 g/mol. The van der Waals surface area contributed by atoms with Crippen LogP contribution >= 0.6 is 0 Å². The normalized spacial score (nSPS) is 10.4. The van der Waals surface area contributed by atoms with E-state index in [2.05, 4.69) is 9.97 Å². The Morgan fingerprint density at radius 2 is 2.19 bits per heavy atom. The predicted molar refractivity (Wildman–Crippen MR) is 58.5 cm³/mol. The van der Waals surface area contributed by atoms with Gasteiger partial charge in [0, 0.05) is 10.9 Å². The van der Waals surface area contributed by atoms with Gasteiger partial charge < -0.3 is 9.40 Å². The topological polar surface area (TPSA) is 65.6 Å². The summed E-state index contributed by atoms with van der Waals surface area (Å²) in [7, 11) is 0. The van der Waals surface area contributed by atoms with Crippen molar-refractivity contribution >= 4 is 11.0 Å². The van der Waals surface area contributed by atoms with Crippen LogP contribution < -0.4 is 0 Å². The molecule has 0 amide bonds. The molecule has 0 radical (unpaired) electrons. The Balaban J connectivity index is 2.31. The second-order valence-corrected chi connectivity index (χ2v) is 3.38. The molecule has 0 bridgehead atoms. The Labute approximate surface area is 91.2 Å². The van der Waals surface area contributed by atoms with E-state index in [1.54, 1.807) is 6.26 Å². The third-order valence-corrected chi connectivity index (χ3v) is 2.50. The van der Waals surface area contributed by atoms with Crippen molar-refractivity contribution in [3.63, 3.8) is 0 Å². The first kappa shape index (κ1) is 8.74. The van der Waals surface area contributed by atoms with Crippen molar-refractivity contribution in [2.75, 3.05) is 0 Å². The number of furan rings is 1. The molecule has 3 aromatic rings. The minimum Gasteiger partial charge on any atom is -0.464 e. The number of benzene rings is 1. The average Bonchev–Trinajstić information content (AvgIpc) is 2.94. The van der Waals surface area contributed by atoms with Gasteiger partial charge in [0.2, 0.25) is 0 Å². The largest absolute Gasteiger partial charge is 0.464 e. The van der Waals surface area contributed by atoms with Crippen LogP contribution in [0, 0.1) is 11.3 Å². The molecule has 0 spiro atoms. The maximum atomic E-state index is 8.92. The third kappa shape index (κ3) is 1.12. The Hall–Kier alpha value is -2.54. The molecule has 0 aliphatic carbocycles. The van der Waals surface area contributed by atoms with E-state index in [9.17, 15) is 0 Å². The molecule has 0 unspecified atom stereocenters. The van der Waals surface area contributed by atoms with Crippen molar-refractivity contribution in [3.05, 3.63) is 42.5 Å². The number of para-hydroxylation sites is 1. The van der Waals surface area contributed by atoms with Crippen LogP contribution in [-0.4, -0.2) is 9.97 Å². The highest BCUT2D eigenvalue weighted by Gasteiger charge is 2.13. The average molecular weight is 209 g/mol. The minimum absolute atomic E-state index is 0.381. The first-order valence-corrected chi connectivity index (χ1v) is 4.80. The number of H-pyrrole nitrogens is 1. The van der Waals surface area contributed by atoms with E-state index >= 15 is 0 Å². The Morgan fingerprint density at radius 1 is 1.31 bits per heavy atom. The van der Waals surface area contributed by atoms with Crippen molar-refractivity contribution in [1.82, 2.24) is 9.97 Å². The molecule has 4 nitrogen and oxygen atoms in total. The van der Waals surface area contributed by atoms with Gasteiger partial charge in [-0.15, -0.1) is 0 Å². The van der Waals surface area contributed by atoms with Gasteiger partial charge in [-0.05, 0) is 6.07 Å². The van der Waals surface area contributed by atoms with Gasteiger partial charge in [-0.3, -0.25) is 0 Å². The quantitative estimate of drug-likeness (QED) is 0.670. The molecule has 4 heteroatoms. The highest BCUT2D eigenvalue weighted by atomic mass is 16.3. The van der Waals surface area contributed by atoms with Crippen LogP contribution in [0.2, 0.25) is 0 Å². The third-order valence-electron chi connectivity index (χ3n) is 2.50. The summed E-state index contributed by atoms with van der Waals surface area (Å²) >= 11 is 0. The van der Waals surface area contributed by atoms with Crippen LogP contribution in [0.4, 0.5) is 0 Å². The summed E-state index contributed by atoms with van der Waals surface area (Å²) in [5, 5.41) is 9.89. The Bertz CT molecular complexity index is 687. The number of nitriles is 1. The molecule has 0 aliphatic rings. The van der Waals surface area contributed by atoms with E-state index in [0.717, 1.165) is 16.5 Å². The number of nitrogens with one attached hydrogen (secondary N) is 1. The van der Waals surface area contributed by atoms with Gasteiger partial charge >= 0.3 is 0 Å². The molecule has 0 saturated carbocycles. The molecule has 2 heterocycles. The smallest absolute Gasteiger partial charge is 0.166 e. The molecule has 76 valence electrons. The lowest BCUT2D eigenvalue weighted by Gasteiger charge is -1.93. The van der Waals surface area contributed by atoms with E-state index in [-0.39, 0.29) is 0 Å². The van der Waals surface area contributed by atoms with Gasteiger partial charge in [-0.2, -0.15) is 5.26 Å². The summed E-state index contributed by atoms with van der Waals surface area (Å²) in [6.07, 6.45) is 3.15. The van der Waals surface area contributed by atoms with Crippen molar-refractivity contribution in [3.8, 4) is 17.3 Å². The first-order valence-electron chi connectivity index (χ1n) is 4.80. The Morgan fingerprint density at radius 3 is 3.06 bits per heavy atom. The van der Waals surface area contributed by atoms with Crippen molar-refractivity contribution in [1.29, 1.82) is 5.26 Å². The lowest BCUT2D eigenvalue weighted by atomic mass is 10.1. The first-order chi connectivity index (χ1) is 7.90. The van der Waals surface area contributed by atoms with Gasteiger partial charge in [-0.25, -0.2) is 4.98 Å². The fourth-order valence-corrected chi connectivity index (χ4v) is 1.76. The predicted octanol–water partition coefficient (Wildman–Crippen LogP) is 2.69. The molecule has 0 saturated heterocycles. The SMILES string of the molecule is N#Cc1nc[nH]c1-c1coc2ccccc12. The summed E-state index contributed by atoms with van der Waals surface area (Å²) in [6, 6.07) is 9.73. The molecule has 3 rings (SSSR count). The van der Waals surface area contributed by atoms with E-state index < -0.39 is 0 Å². The van der Waals surface area contributed by atoms with Crippen molar-refractivity contribution in [2.24, 2.45) is 0 Å². The van der Waals surface area contributed by atoms with Crippen LogP contribution in [0.3, 0.4) is 0 Å². The van der Waals surface area contributed by atoms with Crippen LogP contribution in [0.5, 0.6) is 0 Å². The maximum Gasteiger partial charge on any atom is 0.166 e. The zero-order valence-electron chi connectivity index (χ0n) is 8.27. The fourth-order valence-electron chi connectivity index (χ4n) is 1.76. The number of fused-ring (bicyclic) bond motifs is 1. The maximum absolute atomic E-state index is 8.92. The van der Waals surface area contributed by atoms with Gasteiger partial charge in [0.15, 0.2) is 5.69 Å². The second kappa shape index (κ2) is 3.24. The molecular weight excluding hydrogens is 202 g/mol. The second-order valence-electron chi connectivity index (χ2n) is 3.38. The highest BCUT2D eigenvalue weighted by Crippen LogP contribution is 2.30. The lowest BCUT2D eigenvalue weighted by molar-refractivity contribution is 0.617. The van der Waals surface area contributed by atoms with Gasteiger partial charge in [0.05, 0.1) is 12.0 Å². The van der Waals surface area contributed by atoms with E-state index in [1.165, 1.54) is 6.33 Å². The molecule has 1 N–H and O–H groups in total. The van der Waals surface area contributed by atoms with E-state index in [4.69, 9.17) is 9.68 Å². The van der Waals surface area contributed by atoms with E-state index in [0.29, 0.717) is 11.4 Å². The van der Waals surface area contributed by atoms with Gasteiger partial charge in [-0.1, -0.05) is 18.2 Å². The number of aromatic nitrogens is 2. The number of nitrogens with zero attached hydrogens (tertiary/aromatic N) is 2. The Kier molecular flexibility index (Phi) is 1.77. The van der Waals surface area contributed by atoms with Crippen LogP contribution in [0.15, 0.2) is 41.3 Å². The van der Waals surface area contributed by atoms with Gasteiger partial charge in [0.25, 0.3) is 0 Å². The molecule has 0 atom stereocenters. The van der Waals surface area contributed by atoms with Gasteiger partial charge in [0.1, 0.15) is 17.9 Å². The zero-order chi connectivity index (χ0) is 11.0. The summed E-state index contributed by atoms with van der Waals surface area (Å²) < 4.78 is 5.42. The zero-order valence-corrected chi connectivity index (χ0v) is 8.27. The molecule has 1 aromatic carbocycles. The summed E-state index contributed by atoms with van der Waals surface area (Å²) in [4.78, 5) is 6.90. The van der Waals surface area contributed by atoms with Crippen molar-refractivity contribution in [2.45, 2.75) is 0 Å². The molecule has 0 aliphatic heterocycles. The number of hydrogen-bond donors (Lipinski definition) is 1. The van der Waals surface area contributed by atoms with Crippen LogP contribution in [0.1, 0.15) is 5.69 Å². The van der Waals surface area contributed by atoms with E-state index in [1.807, 2.05) is 30.3 Å². The molecule has 2 aromatic heterocycles. The van der Waals surface area contributed by atoms with Crippen molar-refractivity contribution < 1.29 is 4.42 Å². The minimum atomic E-state index is 0.381. The molecule has 16 heavy (non-hydrogen) atoms. The summed E-state index contributed by atoms with van der Waals surface area (Å²) in [5.74, 6) is 0. The number of aromatic amines is 1. The van der Waals surface area contributed by atoms with Crippen LogP contribution in [-0.2, 0) is 0 Å².